The van der Waals surface area contributed by atoms with Crippen molar-refractivity contribution in [3.05, 3.63) is 93.5 Å². The third kappa shape index (κ3) is 8.43. The number of benzene rings is 3. The van der Waals surface area contributed by atoms with Crippen molar-refractivity contribution in [2.75, 3.05) is 44.0 Å². The van der Waals surface area contributed by atoms with E-state index in [4.69, 9.17) is 23.2 Å². The highest BCUT2D eigenvalue weighted by atomic mass is 35.5. The monoisotopic (exact) mass is 670 g/mol. The summed E-state index contributed by atoms with van der Waals surface area (Å²) in [7, 11) is -4.12. The maximum atomic E-state index is 13.2. The van der Waals surface area contributed by atoms with Crippen LogP contribution in [0, 0.1) is 5.92 Å². The minimum atomic E-state index is -4.12. The average molecular weight is 672 g/mol. The summed E-state index contributed by atoms with van der Waals surface area (Å²) in [6.07, 6.45) is 5.71. The molecule has 12 heteroatoms. The predicted octanol–water partition coefficient (Wildman–Crippen LogP) is 5.48. The predicted molar refractivity (Wildman–Crippen MR) is 176 cm³/mol. The van der Waals surface area contributed by atoms with E-state index in [1.807, 2.05) is 0 Å². The van der Waals surface area contributed by atoms with Crippen LogP contribution in [0.4, 0.5) is 5.69 Å². The molecule has 2 fully saturated rings. The van der Waals surface area contributed by atoms with Crippen molar-refractivity contribution >= 4 is 56.5 Å². The van der Waals surface area contributed by atoms with E-state index < -0.39 is 21.7 Å². The number of sulfonamides is 1. The highest BCUT2D eigenvalue weighted by Crippen LogP contribution is 2.28. The van der Waals surface area contributed by atoms with Crippen molar-refractivity contribution in [2.24, 2.45) is 5.92 Å². The Morgan fingerprint density at radius 1 is 0.844 bits per heavy atom. The van der Waals surface area contributed by atoms with Crippen LogP contribution in [-0.4, -0.2) is 75.1 Å². The topological polar surface area (TPSA) is 116 Å². The van der Waals surface area contributed by atoms with Gasteiger partial charge >= 0.3 is 0 Å². The molecule has 238 valence electrons. The van der Waals surface area contributed by atoms with Gasteiger partial charge in [0.2, 0.25) is 5.91 Å². The molecule has 3 aromatic carbocycles. The molecular weight excluding hydrogens is 635 g/mol. The number of carbonyl (C=O) groups excluding carboxylic acids is 3. The van der Waals surface area contributed by atoms with Gasteiger partial charge in [0.15, 0.2) is 5.78 Å². The van der Waals surface area contributed by atoms with Crippen molar-refractivity contribution in [3.63, 3.8) is 0 Å². The van der Waals surface area contributed by atoms with Crippen LogP contribution in [0.1, 0.15) is 58.4 Å². The summed E-state index contributed by atoms with van der Waals surface area (Å²) in [5.74, 6) is -0.447. The summed E-state index contributed by atoms with van der Waals surface area (Å²) in [6, 6.07) is 16.0. The lowest BCUT2D eigenvalue weighted by Crippen LogP contribution is -2.44. The number of piperidine rings is 1. The fourth-order valence-electron chi connectivity index (χ4n) is 5.79. The Kier molecular flexibility index (Phi) is 10.8. The van der Waals surface area contributed by atoms with Gasteiger partial charge in [-0.15, -0.1) is 0 Å². The Hall–Kier alpha value is -3.44. The van der Waals surface area contributed by atoms with E-state index in [9.17, 15) is 22.8 Å². The lowest BCUT2D eigenvalue weighted by atomic mass is 9.93. The largest absolute Gasteiger partial charge is 0.343 e. The molecule has 5 rings (SSSR count). The molecule has 0 saturated carbocycles. The minimum absolute atomic E-state index is 0.0736. The van der Waals surface area contributed by atoms with Gasteiger partial charge in [-0.1, -0.05) is 35.3 Å². The number of hydrogen-bond acceptors (Lipinski definition) is 6. The summed E-state index contributed by atoms with van der Waals surface area (Å²) in [5.41, 5.74) is 0.580. The maximum absolute atomic E-state index is 13.2. The number of carbonyl (C=O) groups is 3. The number of likely N-dealkylation sites (tertiary alicyclic amines) is 2. The van der Waals surface area contributed by atoms with Gasteiger partial charge in [-0.2, -0.15) is 0 Å². The molecule has 0 aliphatic carbocycles. The van der Waals surface area contributed by atoms with Crippen molar-refractivity contribution in [3.8, 4) is 0 Å². The Morgan fingerprint density at radius 2 is 1.53 bits per heavy atom. The van der Waals surface area contributed by atoms with Crippen LogP contribution in [0.15, 0.2) is 71.6 Å². The van der Waals surface area contributed by atoms with Crippen LogP contribution in [0.3, 0.4) is 0 Å². The third-order valence-corrected chi connectivity index (χ3v) is 10.4. The van der Waals surface area contributed by atoms with Crippen LogP contribution in [-0.2, 0) is 14.8 Å². The van der Waals surface area contributed by atoms with Gasteiger partial charge in [0.1, 0.15) is 0 Å². The number of amides is 2. The zero-order chi connectivity index (χ0) is 32.0. The molecule has 2 N–H and O–H groups in total. The second-order valence-electron chi connectivity index (χ2n) is 11.5. The average Bonchev–Trinajstić information content (AvgIpc) is 3.56. The summed E-state index contributed by atoms with van der Waals surface area (Å²) in [4.78, 5) is 42.9. The molecule has 2 aliphatic heterocycles. The van der Waals surface area contributed by atoms with Gasteiger partial charge in [0, 0.05) is 34.8 Å². The van der Waals surface area contributed by atoms with Gasteiger partial charge in [-0.05, 0) is 112 Å². The number of nitrogens with zero attached hydrogens (tertiary/aromatic N) is 2. The Labute approximate surface area is 273 Å². The Bertz CT molecular complexity index is 1650. The second kappa shape index (κ2) is 14.8. The van der Waals surface area contributed by atoms with Crippen molar-refractivity contribution < 1.29 is 22.8 Å². The fourth-order valence-corrected chi connectivity index (χ4v) is 7.36. The molecule has 0 unspecified atom stereocenters. The first-order valence-electron chi connectivity index (χ1n) is 15.1. The molecule has 2 aliphatic rings. The smallest absolute Gasteiger partial charge is 0.261 e. The summed E-state index contributed by atoms with van der Waals surface area (Å²) >= 11 is 12.2. The molecule has 3 aromatic rings. The fraction of sp³-hybridized carbons (Fsp3) is 0.364. The van der Waals surface area contributed by atoms with Gasteiger partial charge < -0.3 is 15.1 Å². The normalized spacial score (nSPS) is 16.0. The number of anilines is 1. The minimum Gasteiger partial charge on any atom is -0.343 e. The van der Waals surface area contributed by atoms with Gasteiger partial charge in [-0.3, -0.25) is 19.1 Å². The van der Waals surface area contributed by atoms with Gasteiger partial charge in [-0.25, -0.2) is 8.42 Å². The summed E-state index contributed by atoms with van der Waals surface area (Å²) in [5, 5.41) is 3.17. The van der Waals surface area contributed by atoms with E-state index in [0.29, 0.717) is 24.0 Å². The van der Waals surface area contributed by atoms with E-state index in [1.54, 1.807) is 17.0 Å². The summed E-state index contributed by atoms with van der Waals surface area (Å²) in [6.45, 7) is 4.80. The van der Waals surface area contributed by atoms with Gasteiger partial charge in [0.05, 0.1) is 22.2 Å². The molecular formula is C33H36Cl2N4O5S. The van der Waals surface area contributed by atoms with E-state index in [2.05, 4.69) is 14.9 Å². The zero-order valence-electron chi connectivity index (χ0n) is 24.8. The Morgan fingerprint density at radius 3 is 2.22 bits per heavy atom. The number of hydrogen-bond donors (Lipinski definition) is 2. The molecule has 0 aromatic heterocycles. The van der Waals surface area contributed by atoms with Gasteiger partial charge in [0.25, 0.3) is 15.9 Å². The first-order chi connectivity index (χ1) is 21.6. The van der Waals surface area contributed by atoms with Crippen molar-refractivity contribution in [1.29, 1.82) is 0 Å². The molecule has 45 heavy (non-hydrogen) atoms. The molecule has 2 heterocycles. The molecule has 9 nitrogen and oxygen atoms in total. The van der Waals surface area contributed by atoms with Crippen molar-refractivity contribution in [1.82, 2.24) is 15.1 Å². The number of nitrogens with one attached hydrogen (secondary N) is 2. The van der Waals surface area contributed by atoms with Crippen LogP contribution in [0.5, 0.6) is 0 Å². The van der Waals surface area contributed by atoms with E-state index in [-0.39, 0.29) is 44.7 Å². The maximum Gasteiger partial charge on any atom is 0.261 e. The molecule has 0 spiro atoms. The lowest BCUT2D eigenvalue weighted by Gasteiger charge is -2.32. The first kappa shape index (κ1) is 32.9. The zero-order valence-corrected chi connectivity index (χ0v) is 27.1. The highest BCUT2D eigenvalue weighted by Gasteiger charge is 2.25. The Balaban J connectivity index is 1.14. The standard InChI is InChI=1S/C33H36Cl2N4O5S/c34-25-9-12-27(29(35)21-25)32(41)28-5-1-2-6-30(28)37-45(43,44)26-10-7-24(8-11-26)33(42)36-22-31(40)39-19-14-23(15-20-39)13-18-38-16-3-4-17-38/h1-2,5-12,21,23,37H,3-4,13-20,22H2,(H,36,42). The number of ketones is 1. The van der Waals surface area contributed by atoms with Crippen LogP contribution in [0.25, 0.3) is 0 Å². The molecule has 0 bridgehead atoms. The third-order valence-electron chi connectivity index (χ3n) is 8.44. The van der Waals surface area contributed by atoms with E-state index >= 15 is 0 Å². The molecule has 2 saturated heterocycles. The van der Waals surface area contributed by atoms with E-state index in [1.165, 1.54) is 86.9 Å². The number of halogens is 2. The molecule has 2 amide bonds. The lowest BCUT2D eigenvalue weighted by molar-refractivity contribution is -0.131. The molecule has 0 radical (unpaired) electrons. The first-order valence-corrected chi connectivity index (χ1v) is 17.3. The quantitative estimate of drug-likeness (QED) is 0.261. The summed E-state index contributed by atoms with van der Waals surface area (Å²) < 4.78 is 28.9. The van der Waals surface area contributed by atoms with Crippen molar-refractivity contribution in [2.45, 2.75) is 37.0 Å². The number of para-hydroxylation sites is 1. The second-order valence-corrected chi connectivity index (χ2v) is 14.0. The van der Waals surface area contributed by atoms with Crippen LogP contribution >= 0.6 is 23.2 Å². The van der Waals surface area contributed by atoms with Crippen LogP contribution in [0.2, 0.25) is 10.0 Å². The SMILES string of the molecule is O=C(NCC(=O)N1CCC(CCN2CCCC2)CC1)c1ccc(S(=O)(=O)Nc2ccccc2C(=O)c2ccc(Cl)cc2Cl)cc1. The number of rotatable bonds is 11. The van der Waals surface area contributed by atoms with Crippen LogP contribution < -0.4 is 10.0 Å². The highest BCUT2D eigenvalue weighted by molar-refractivity contribution is 7.92. The van der Waals surface area contributed by atoms with E-state index in [0.717, 1.165) is 19.4 Å². The molecule has 0 atom stereocenters.